The summed E-state index contributed by atoms with van der Waals surface area (Å²) in [5, 5.41) is 4.28. The highest BCUT2D eigenvalue weighted by molar-refractivity contribution is 7.18. The van der Waals surface area contributed by atoms with E-state index in [2.05, 4.69) is 21.4 Å². The van der Waals surface area contributed by atoms with Gasteiger partial charge in [0.25, 0.3) is 0 Å². The minimum Gasteiger partial charge on any atom is -0.495 e. The van der Waals surface area contributed by atoms with Gasteiger partial charge in [0.15, 0.2) is 0 Å². The zero-order chi connectivity index (χ0) is 15.0. The molecule has 0 amide bonds. The summed E-state index contributed by atoms with van der Waals surface area (Å²) in [5.41, 5.74) is 7.80. The summed E-state index contributed by atoms with van der Waals surface area (Å²) in [5.74, 6) is 1.72. The number of hydrogen-bond acceptors (Lipinski definition) is 6. The third-order valence-corrected chi connectivity index (χ3v) is 4.09. The summed E-state index contributed by atoms with van der Waals surface area (Å²) >= 11 is 1.60. The number of ether oxygens (including phenoxy) is 1. The molecule has 2 aromatic heterocycles. The van der Waals surface area contributed by atoms with Crippen molar-refractivity contribution in [1.82, 2.24) is 9.97 Å². The van der Waals surface area contributed by atoms with Crippen molar-refractivity contribution in [2.75, 3.05) is 18.2 Å². The molecule has 0 aliphatic rings. The van der Waals surface area contributed by atoms with Crippen molar-refractivity contribution in [3.05, 3.63) is 34.7 Å². The Morgan fingerprint density at radius 3 is 2.76 bits per heavy atom. The molecular formula is C15H16N4OS. The van der Waals surface area contributed by atoms with Crippen molar-refractivity contribution in [3.8, 4) is 5.75 Å². The zero-order valence-corrected chi connectivity index (χ0v) is 12.9. The van der Waals surface area contributed by atoms with Crippen LogP contribution in [0.2, 0.25) is 0 Å². The lowest BCUT2D eigenvalue weighted by Crippen LogP contribution is -2.01. The van der Waals surface area contributed by atoms with Gasteiger partial charge in [-0.15, -0.1) is 11.3 Å². The highest BCUT2D eigenvalue weighted by atomic mass is 32.1. The zero-order valence-electron chi connectivity index (χ0n) is 12.1. The number of thiophene rings is 1. The second-order valence-corrected chi connectivity index (χ2v) is 6.07. The van der Waals surface area contributed by atoms with E-state index in [9.17, 15) is 0 Å². The van der Waals surface area contributed by atoms with E-state index in [1.807, 2.05) is 32.0 Å². The number of nitrogens with two attached hydrogens (primary N) is 1. The van der Waals surface area contributed by atoms with E-state index in [4.69, 9.17) is 10.5 Å². The Bertz CT molecular complexity index is 813. The summed E-state index contributed by atoms with van der Waals surface area (Å²) in [6.45, 7) is 4.07. The van der Waals surface area contributed by atoms with Crippen molar-refractivity contribution in [2.45, 2.75) is 13.8 Å². The van der Waals surface area contributed by atoms with Gasteiger partial charge in [0.2, 0.25) is 5.95 Å². The minimum absolute atomic E-state index is 0.262. The van der Waals surface area contributed by atoms with Crippen LogP contribution < -0.4 is 15.8 Å². The number of fused-ring (bicyclic) bond motifs is 1. The fourth-order valence-corrected chi connectivity index (χ4v) is 3.09. The van der Waals surface area contributed by atoms with Gasteiger partial charge in [-0.25, -0.2) is 4.98 Å². The predicted molar refractivity (Wildman–Crippen MR) is 87.6 cm³/mol. The first-order valence-electron chi connectivity index (χ1n) is 6.52. The van der Waals surface area contributed by atoms with Gasteiger partial charge in [-0.05, 0) is 37.6 Å². The Kier molecular flexibility index (Phi) is 3.39. The van der Waals surface area contributed by atoms with Crippen LogP contribution in [-0.4, -0.2) is 17.1 Å². The van der Waals surface area contributed by atoms with Crippen molar-refractivity contribution in [2.24, 2.45) is 0 Å². The third-order valence-electron chi connectivity index (χ3n) is 3.14. The fourth-order valence-electron chi connectivity index (χ4n) is 2.20. The van der Waals surface area contributed by atoms with Crippen LogP contribution >= 0.6 is 11.3 Å². The number of nitrogens with one attached hydrogen (secondary N) is 1. The summed E-state index contributed by atoms with van der Waals surface area (Å²) in [4.78, 5) is 10.6. The molecule has 0 radical (unpaired) electrons. The lowest BCUT2D eigenvalue weighted by molar-refractivity contribution is 0.416. The standard InChI is InChI=1S/C15H16N4OS/c1-8-4-5-12(20-3)11(6-8)17-13-10-7-9(2)21-14(10)19-15(16)18-13/h4-7H,1-3H3,(H3,16,17,18,19). The van der Waals surface area contributed by atoms with Gasteiger partial charge in [-0.1, -0.05) is 6.07 Å². The SMILES string of the molecule is COc1ccc(C)cc1Nc1nc(N)nc2sc(C)cc12. The normalized spacial score (nSPS) is 10.8. The van der Waals surface area contributed by atoms with Crippen molar-refractivity contribution < 1.29 is 4.74 Å². The molecule has 0 saturated heterocycles. The number of methoxy groups -OCH3 is 1. The molecule has 21 heavy (non-hydrogen) atoms. The predicted octanol–water partition coefficient (Wildman–Crippen LogP) is 3.64. The van der Waals surface area contributed by atoms with E-state index < -0.39 is 0 Å². The molecule has 3 N–H and O–H groups in total. The fraction of sp³-hybridized carbons (Fsp3) is 0.200. The first-order chi connectivity index (χ1) is 10.1. The van der Waals surface area contributed by atoms with Gasteiger partial charge in [-0.3, -0.25) is 0 Å². The van der Waals surface area contributed by atoms with Crippen LogP contribution in [-0.2, 0) is 0 Å². The van der Waals surface area contributed by atoms with Crippen LogP contribution in [0.5, 0.6) is 5.75 Å². The molecule has 5 nitrogen and oxygen atoms in total. The maximum absolute atomic E-state index is 5.80. The first kappa shape index (κ1) is 13.6. The lowest BCUT2D eigenvalue weighted by Gasteiger charge is -2.12. The number of nitrogen functional groups attached to an aromatic ring is 1. The monoisotopic (exact) mass is 300 g/mol. The van der Waals surface area contributed by atoms with E-state index in [0.29, 0.717) is 5.82 Å². The third kappa shape index (κ3) is 2.62. The second-order valence-electron chi connectivity index (χ2n) is 4.84. The molecule has 3 aromatic rings. The van der Waals surface area contributed by atoms with Crippen LogP contribution in [0.25, 0.3) is 10.2 Å². The molecule has 0 aliphatic heterocycles. The Labute approximate surface area is 126 Å². The average molecular weight is 300 g/mol. The average Bonchev–Trinajstić information content (AvgIpc) is 2.79. The number of aromatic nitrogens is 2. The van der Waals surface area contributed by atoms with E-state index >= 15 is 0 Å². The number of anilines is 3. The summed E-state index contributed by atoms with van der Waals surface area (Å²) in [6.07, 6.45) is 0. The van der Waals surface area contributed by atoms with Gasteiger partial charge in [0.1, 0.15) is 16.4 Å². The molecule has 2 heterocycles. The Morgan fingerprint density at radius 1 is 1.19 bits per heavy atom. The van der Waals surface area contributed by atoms with Gasteiger partial charge >= 0.3 is 0 Å². The molecule has 0 saturated carbocycles. The molecule has 108 valence electrons. The van der Waals surface area contributed by atoms with Gasteiger partial charge in [-0.2, -0.15) is 4.98 Å². The molecule has 1 aromatic carbocycles. The summed E-state index contributed by atoms with van der Waals surface area (Å²) in [6, 6.07) is 8.01. The molecule has 0 bridgehead atoms. The first-order valence-corrected chi connectivity index (χ1v) is 7.34. The van der Waals surface area contributed by atoms with E-state index in [1.165, 1.54) is 4.88 Å². The van der Waals surface area contributed by atoms with Crippen LogP contribution in [0, 0.1) is 13.8 Å². The largest absolute Gasteiger partial charge is 0.495 e. The lowest BCUT2D eigenvalue weighted by atomic mass is 10.2. The molecule has 0 fully saturated rings. The number of aryl methyl sites for hydroxylation is 2. The minimum atomic E-state index is 0.262. The van der Waals surface area contributed by atoms with E-state index in [0.717, 1.165) is 27.2 Å². The Morgan fingerprint density at radius 2 is 2.00 bits per heavy atom. The summed E-state index contributed by atoms with van der Waals surface area (Å²) in [7, 11) is 1.65. The second kappa shape index (κ2) is 5.21. The molecule has 0 atom stereocenters. The quantitative estimate of drug-likeness (QED) is 0.772. The number of rotatable bonds is 3. The van der Waals surface area contributed by atoms with Crippen LogP contribution in [0.4, 0.5) is 17.5 Å². The summed E-state index contributed by atoms with van der Waals surface area (Å²) < 4.78 is 5.39. The van der Waals surface area contributed by atoms with Gasteiger partial charge < -0.3 is 15.8 Å². The molecule has 0 unspecified atom stereocenters. The molecule has 6 heteroatoms. The van der Waals surface area contributed by atoms with Gasteiger partial charge in [0.05, 0.1) is 18.2 Å². The van der Waals surface area contributed by atoms with Crippen LogP contribution in [0.1, 0.15) is 10.4 Å². The smallest absolute Gasteiger partial charge is 0.223 e. The molecule has 0 spiro atoms. The number of hydrogen-bond donors (Lipinski definition) is 2. The highest BCUT2D eigenvalue weighted by Crippen LogP contribution is 2.33. The van der Waals surface area contributed by atoms with Crippen molar-refractivity contribution in [3.63, 3.8) is 0 Å². The molecule has 3 rings (SSSR count). The van der Waals surface area contributed by atoms with E-state index in [1.54, 1.807) is 18.4 Å². The maximum atomic E-state index is 5.80. The van der Waals surface area contributed by atoms with Crippen molar-refractivity contribution >= 4 is 39.0 Å². The topological polar surface area (TPSA) is 73.1 Å². The number of benzene rings is 1. The Balaban J connectivity index is 2.11. The van der Waals surface area contributed by atoms with Gasteiger partial charge in [0, 0.05) is 4.88 Å². The Hall–Kier alpha value is -2.34. The maximum Gasteiger partial charge on any atom is 0.223 e. The molecule has 0 aliphatic carbocycles. The molecular weight excluding hydrogens is 284 g/mol. The number of nitrogens with zero attached hydrogens (tertiary/aromatic N) is 2. The highest BCUT2D eigenvalue weighted by Gasteiger charge is 2.11. The van der Waals surface area contributed by atoms with Crippen LogP contribution in [0.3, 0.4) is 0 Å². The van der Waals surface area contributed by atoms with E-state index in [-0.39, 0.29) is 5.95 Å². The van der Waals surface area contributed by atoms with Crippen molar-refractivity contribution in [1.29, 1.82) is 0 Å². The van der Waals surface area contributed by atoms with Crippen LogP contribution in [0.15, 0.2) is 24.3 Å².